The lowest BCUT2D eigenvalue weighted by Gasteiger charge is -2.32. The fraction of sp³-hybridized carbons (Fsp3) is 0.412. The first-order chi connectivity index (χ1) is 11.8. The molecular formula is C17H20N4O2S. The first-order valence-corrected chi connectivity index (χ1v) is 9.03. The van der Waals surface area contributed by atoms with Crippen molar-refractivity contribution < 1.29 is 9.15 Å². The molecule has 1 fully saturated rings. The van der Waals surface area contributed by atoms with E-state index in [9.17, 15) is 0 Å². The van der Waals surface area contributed by atoms with Gasteiger partial charge in [0.1, 0.15) is 11.3 Å². The normalized spacial score (nSPS) is 19.0. The number of nitrogens with zero attached hydrogens (tertiary/aromatic N) is 4. The lowest BCUT2D eigenvalue weighted by Crippen LogP contribution is -2.37. The molecule has 1 atom stereocenters. The van der Waals surface area contributed by atoms with Crippen LogP contribution in [0.3, 0.4) is 0 Å². The summed E-state index contributed by atoms with van der Waals surface area (Å²) in [6.45, 7) is 6.35. The molecule has 0 bridgehead atoms. The van der Waals surface area contributed by atoms with Crippen LogP contribution >= 0.6 is 11.3 Å². The summed E-state index contributed by atoms with van der Waals surface area (Å²) in [5.41, 5.74) is 3.29. The Hall–Kier alpha value is -1.96. The fourth-order valence-electron chi connectivity index (χ4n) is 2.89. The van der Waals surface area contributed by atoms with E-state index in [2.05, 4.69) is 28.5 Å². The van der Waals surface area contributed by atoms with Gasteiger partial charge in [0.15, 0.2) is 0 Å². The van der Waals surface area contributed by atoms with Gasteiger partial charge in [0.25, 0.3) is 0 Å². The smallest absolute Gasteiger partial charge is 0.126 e. The molecule has 3 aromatic rings. The summed E-state index contributed by atoms with van der Waals surface area (Å²) in [6, 6.07) is 1.94. The van der Waals surface area contributed by atoms with Crippen LogP contribution in [0.5, 0.6) is 0 Å². The summed E-state index contributed by atoms with van der Waals surface area (Å²) in [6.07, 6.45) is 7.50. The second kappa shape index (κ2) is 6.88. The number of rotatable bonds is 5. The van der Waals surface area contributed by atoms with E-state index in [0.29, 0.717) is 0 Å². The van der Waals surface area contributed by atoms with Gasteiger partial charge in [0, 0.05) is 48.9 Å². The summed E-state index contributed by atoms with van der Waals surface area (Å²) in [7, 11) is 0. The zero-order chi connectivity index (χ0) is 16.4. The van der Waals surface area contributed by atoms with Gasteiger partial charge in [-0.05, 0) is 13.0 Å². The van der Waals surface area contributed by atoms with Crippen LogP contribution < -0.4 is 0 Å². The first kappa shape index (κ1) is 15.6. The van der Waals surface area contributed by atoms with Gasteiger partial charge in [-0.3, -0.25) is 9.58 Å². The molecule has 126 valence electrons. The highest BCUT2D eigenvalue weighted by Crippen LogP contribution is 2.26. The van der Waals surface area contributed by atoms with Crippen molar-refractivity contribution in [1.29, 1.82) is 0 Å². The Morgan fingerprint density at radius 3 is 3.17 bits per heavy atom. The van der Waals surface area contributed by atoms with E-state index in [4.69, 9.17) is 14.1 Å². The number of morpholine rings is 1. The summed E-state index contributed by atoms with van der Waals surface area (Å²) in [5.74, 6) is 0. The van der Waals surface area contributed by atoms with Gasteiger partial charge >= 0.3 is 0 Å². The number of hydrogen-bond donors (Lipinski definition) is 0. The molecule has 4 heterocycles. The largest absolute Gasteiger partial charge is 0.472 e. The van der Waals surface area contributed by atoms with Crippen molar-refractivity contribution in [2.24, 2.45) is 0 Å². The van der Waals surface area contributed by atoms with Crippen molar-refractivity contribution in [3.8, 4) is 10.6 Å². The molecule has 0 amide bonds. The number of aryl methyl sites for hydroxylation is 1. The molecule has 1 aliphatic heterocycles. The Kier molecular flexibility index (Phi) is 4.46. The Morgan fingerprint density at radius 1 is 1.42 bits per heavy atom. The number of thiazole rings is 1. The highest BCUT2D eigenvalue weighted by molar-refractivity contribution is 7.13. The zero-order valence-corrected chi connectivity index (χ0v) is 14.4. The van der Waals surface area contributed by atoms with Gasteiger partial charge in [0.05, 0.1) is 30.9 Å². The molecule has 6 nitrogen and oxygen atoms in total. The SMILES string of the molecule is CCn1cc(C2CN(Cc3csc(-c4ccoc4)n3)CCO2)cn1. The van der Waals surface area contributed by atoms with Gasteiger partial charge in [0.2, 0.25) is 0 Å². The molecule has 0 saturated carbocycles. The van der Waals surface area contributed by atoms with Gasteiger partial charge in [-0.1, -0.05) is 0 Å². The predicted molar refractivity (Wildman–Crippen MR) is 91.7 cm³/mol. The Bertz CT molecular complexity index is 780. The average Bonchev–Trinajstić information content (AvgIpc) is 3.36. The fourth-order valence-corrected chi connectivity index (χ4v) is 3.69. The molecule has 4 rings (SSSR count). The van der Waals surface area contributed by atoms with Crippen LogP contribution in [0.4, 0.5) is 0 Å². The van der Waals surface area contributed by atoms with Crippen LogP contribution in [0.1, 0.15) is 24.3 Å². The van der Waals surface area contributed by atoms with Crippen molar-refractivity contribution in [2.75, 3.05) is 19.7 Å². The molecular weight excluding hydrogens is 324 g/mol. The van der Waals surface area contributed by atoms with Crippen molar-refractivity contribution in [1.82, 2.24) is 19.7 Å². The number of ether oxygens (including phenoxy) is 1. The molecule has 0 N–H and O–H groups in total. The third-order valence-electron chi connectivity index (χ3n) is 4.21. The van der Waals surface area contributed by atoms with E-state index in [1.165, 1.54) is 0 Å². The van der Waals surface area contributed by atoms with Crippen LogP contribution in [-0.4, -0.2) is 39.4 Å². The molecule has 24 heavy (non-hydrogen) atoms. The molecule has 0 aliphatic carbocycles. The van der Waals surface area contributed by atoms with Crippen molar-refractivity contribution >= 4 is 11.3 Å². The second-order valence-electron chi connectivity index (χ2n) is 5.88. The maximum Gasteiger partial charge on any atom is 0.126 e. The standard InChI is InChI=1S/C17H20N4O2S/c1-2-21-8-14(7-18-21)16-10-20(4-6-23-16)9-15-12-24-17(19-15)13-3-5-22-11-13/h3,5,7-8,11-12,16H,2,4,6,9-10H2,1H3. The number of furan rings is 1. The number of hydrogen-bond acceptors (Lipinski definition) is 6. The molecule has 0 spiro atoms. The van der Waals surface area contributed by atoms with E-state index in [1.807, 2.05) is 16.9 Å². The van der Waals surface area contributed by atoms with Crippen molar-refractivity contribution in [2.45, 2.75) is 26.1 Å². The molecule has 0 radical (unpaired) electrons. The Balaban J connectivity index is 1.41. The van der Waals surface area contributed by atoms with Crippen LogP contribution in [0, 0.1) is 0 Å². The third-order valence-corrected chi connectivity index (χ3v) is 5.15. The van der Waals surface area contributed by atoms with Gasteiger partial charge in [-0.2, -0.15) is 5.10 Å². The maximum absolute atomic E-state index is 5.93. The Labute approximate surface area is 144 Å². The summed E-state index contributed by atoms with van der Waals surface area (Å²) >= 11 is 1.66. The summed E-state index contributed by atoms with van der Waals surface area (Å²) in [4.78, 5) is 7.12. The van der Waals surface area contributed by atoms with E-state index >= 15 is 0 Å². The summed E-state index contributed by atoms with van der Waals surface area (Å²) < 4.78 is 13.0. The molecule has 7 heteroatoms. The average molecular weight is 344 g/mol. The topological polar surface area (TPSA) is 56.3 Å². The minimum Gasteiger partial charge on any atom is -0.472 e. The monoisotopic (exact) mass is 344 g/mol. The van der Waals surface area contributed by atoms with Crippen molar-refractivity contribution in [3.05, 3.63) is 47.6 Å². The molecule has 1 saturated heterocycles. The highest BCUT2D eigenvalue weighted by Gasteiger charge is 2.23. The second-order valence-corrected chi connectivity index (χ2v) is 6.74. The van der Waals surface area contributed by atoms with E-state index in [0.717, 1.165) is 54.6 Å². The minimum atomic E-state index is 0.0889. The van der Waals surface area contributed by atoms with Crippen LogP contribution in [-0.2, 0) is 17.8 Å². The molecule has 1 unspecified atom stereocenters. The van der Waals surface area contributed by atoms with Crippen LogP contribution in [0.15, 0.2) is 40.8 Å². The number of aromatic nitrogens is 3. The van der Waals surface area contributed by atoms with Gasteiger partial charge < -0.3 is 9.15 Å². The molecule has 1 aliphatic rings. The highest BCUT2D eigenvalue weighted by atomic mass is 32.1. The lowest BCUT2D eigenvalue weighted by molar-refractivity contribution is -0.0332. The third kappa shape index (κ3) is 3.28. The minimum absolute atomic E-state index is 0.0889. The molecule has 0 aromatic carbocycles. The lowest BCUT2D eigenvalue weighted by atomic mass is 10.1. The van der Waals surface area contributed by atoms with E-state index < -0.39 is 0 Å². The first-order valence-electron chi connectivity index (χ1n) is 8.15. The maximum atomic E-state index is 5.93. The van der Waals surface area contributed by atoms with E-state index in [-0.39, 0.29) is 6.10 Å². The quantitative estimate of drug-likeness (QED) is 0.711. The summed E-state index contributed by atoms with van der Waals surface area (Å²) in [5, 5.41) is 7.48. The zero-order valence-electron chi connectivity index (χ0n) is 13.6. The van der Waals surface area contributed by atoms with Crippen LogP contribution in [0.2, 0.25) is 0 Å². The molecule has 3 aromatic heterocycles. The van der Waals surface area contributed by atoms with Crippen LogP contribution in [0.25, 0.3) is 10.6 Å². The Morgan fingerprint density at radius 2 is 2.38 bits per heavy atom. The van der Waals surface area contributed by atoms with E-state index in [1.54, 1.807) is 23.9 Å². The van der Waals surface area contributed by atoms with Gasteiger partial charge in [-0.15, -0.1) is 11.3 Å². The van der Waals surface area contributed by atoms with Crippen molar-refractivity contribution in [3.63, 3.8) is 0 Å². The predicted octanol–water partition coefficient (Wildman–Crippen LogP) is 3.19. The van der Waals surface area contributed by atoms with Gasteiger partial charge in [-0.25, -0.2) is 4.98 Å².